The lowest BCUT2D eigenvalue weighted by atomic mass is 10.1. The summed E-state index contributed by atoms with van der Waals surface area (Å²) >= 11 is 0. The van der Waals surface area contributed by atoms with Gasteiger partial charge in [-0.1, -0.05) is 37.1 Å². The van der Waals surface area contributed by atoms with Crippen molar-refractivity contribution in [1.82, 2.24) is 20.5 Å². The molecule has 2 N–H and O–H groups in total. The van der Waals surface area contributed by atoms with E-state index in [1.807, 2.05) is 12.3 Å². The number of benzene rings is 1. The van der Waals surface area contributed by atoms with Gasteiger partial charge in [-0.25, -0.2) is 4.99 Å². The van der Waals surface area contributed by atoms with E-state index in [9.17, 15) is 0 Å². The third-order valence-corrected chi connectivity index (χ3v) is 5.87. The molecule has 27 heavy (non-hydrogen) atoms. The van der Waals surface area contributed by atoms with Crippen LogP contribution < -0.4 is 10.6 Å². The zero-order valence-corrected chi connectivity index (χ0v) is 16.3. The highest BCUT2D eigenvalue weighted by Crippen LogP contribution is 2.26. The molecule has 1 aliphatic heterocycles. The molecule has 0 amide bonds. The van der Waals surface area contributed by atoms with E-state index in [4.69, 9.17) is 4.99 Å². The quantitative estimate of drug-likeness (QED) is 0.630. The first-order valence-electron chi connectivity index (χ1n) is 10.4. The highest BCUT2D eigenvalue weighted by molar-refractivity contribution is 5.83. The van der Waals surface area contributed by atoms with Crippen LogP contribution in [0.2, 0.25) is 0 Å². The van der Waals surface area contributed by atoms with Crippen molar-refractivity contribution < 1.29 is 0 Å². The van der Waals surface area contributed by atoms with Gasteiger partial charge in [-0.15, -0.1) is 0 Å². The Morgan fingerprint density at radius 2 is 2.04 bits per heavy atom. The molecule has 2 heterocycles. The monoisotopic (exact) mass is 365 g/mol. The summed E-state index contributed by atoms with van der Waals surface area (Å²) in [6.07, 6.45) is 8.64. The average Bonchev–Trinajstić information content (AvgIpc) is 3.38. The van der Waals surface area contributed by atoms with Crippen molar-refractivity contribution in [2.75, 3.05) is 19.6 Å². The second kappa shape index (κ2) is 8.70. The Morgan fingerprint density at radius 3 is 2.89 bits per heavy atom. The predicted octanol–water partition coefficient (Wildman–Crippen LogP) is 3.31. The molecule has 1 saturated carbocycles. The molecule has 5 heteroatoms. The van der Waals surface area contributed by atoms with Crippen LogP contribution in [0.1, 0.15) is 44.6 Å². The molecule has 1 saturated heterocycles. The predicted molar refractivity (Wildman–Crippen MR) is 112 cm³/mol. The lowest BCUT2D eigenvalue weighted by Crippen LogP contribution is -2.45. The fourth-order valence-corrected chi connectivity index (χ4v) is 4.48. The number of nitrogens with zero attached hydrogens (tertiary/aromatic N) is 3. The Hall–Kier alpha value is -2.14. The van der Waals surface area contributed by atoms with Gasteiger partial charge in [0.1, 0.15) is 0 Å². The summed E-state index contributed by atoms with van der Waals surface area (Å²) in [7, 11) is 0. The molecule has 2 aliphatic rings. The molecule has 1 aromatic heterocycles. The van der Waals surface area contributed by atoms with Gasteiger partial charge in [-0.2, -0.15) is 0 Å². The van der Waals surface area contributed by atoms with Crippen LogP contribution in [0, 0.1) is 0 Å². The van der Waals surface area contributed by atoms with Crippen molar-refractivity contribution in [3.63, 3.8) is 0 Å². The van der Waals surface area contributed by atoms with E-state index in [0.29, 0.717) is 12.6 Å². The van der Waals surface area contributed by atoms with Crippen molar-refractivity contribution >= 4 is 16.9 Å². The van der Waals surface area contributed by atoms with Gasteiger partial charge in [-0.3, -0.25) is 9.88 Å². The van der Waals surface area contributed by atoms with E-state index in [1.54, 1.807) is 0 Å². The van der Waals surface area contributed by atoms with Crippen molar-refractivity contribution in [1.29, 1.82) is 0 Å². The molecule has 2 aromatic rings. The number of rotatable bonds is 5. The third-order valence-electron chi connectivity index (χ3n) is 5.87. The Labute approximate surface area is 162 Å². The van der Waals surface area contributed by atoms with Gasteiger partial charge in [0, 0.05) is 43.3 Å². The Balaban J connectivity index is 1.41. The number of likely N-dealkylation sites (tertiary alicyclic amines) is 1. The standard InChI is InChI=1S/C22H31N5/c1-2-23-22(26-19-12-14-27(16-19)20-10-3-4-11-20)25-15-18-8-5-7-17-9-6-13-24-21(17)18/h5-9,13,19-20H,2-4,10-12,14-16H2,1H3,(H2,23,25,26). The largest absolute Gasteiger partial charge is 0.357 e. The van der Waals surface area contributed by atoms with Gasteiger partial charge in [0.2, 0.25) is 0 Å². The zero-order valence-electron chi connectivity index (χ0n) is 16.3. The van der Waals surface area contributed by atoms with Crippen LogP contribution in [0.25, 0.3) is 10.9 Å². The van der Waals surface area contributed by atoms with E-state index in [1.165, 1.54) is 49.6 Å². The second-order valence-electron chi connectivity index (χ2n) is 7.75. The number of nitrogens with one attached hydrogen (secondary N) is 2. The maximum Gasteiger partial charge on any atom is 0.191 e. The van der Waals surface area contributed by atoms with Crippen molar-refractivity contribution in [2.45, 2.75) is 57.7 Å². The molecule has 1 unspecified atom stereocenters. The number of guanidine groups is 1. The molecule has 1 atom stereocenters. The first kappa shape index (κ1) is 18.2. The maximum absolute atomic E-state index is 4.86. The fourth-order valence-electron chi connectivity index (χ4n) is 4.48. The number of hydrogen-bond acceptors (Lipinski definition) is 3. The summed E-state index contributed by atoms with van der Waals surface area (Å²) < 4.78 is 0. The van der Waals surface area contributed by atoms with Crippen molar-refractivity contribution in [3.8, 4) is 0 Å². The van der Waals surface area contributed by atoms with Gasteiger partial charge in [0.25, 0.3) is 0 Å². The Morgan fingerprint density at radius 1 is 1.19 bits per heavy atom. The van der Waals surface area contributed by atoms with Crippen molar-refractivity contribution in [2.24, 2.45) is 4.99 Å². The van der Waals surface area contributed by atoms with Crippen LogP contribution >= 0.6 is 0 Å². The number of hydrogen-bond donors (Lipinski definition) is 2. The molecule has 0 spiro atoms. The molecular weight excluding hydrogens is 334 g/mol. The van der Waals surface area contributed by atoms with Gasteiger partial charge >= 0.3 is 0 Å². The minimum Gasteiger partial charge on any atom is -0.357 e. The number of fused-ring (bicyclic) bond motifs is 1. The molecular formula is C22H31N5. The summed E-state index contributed by atoms with van der Waals surface area (Å²) in [5, 5.41) is 8.25. The van der Waals surface area contributed by atoms with E-state index >= 15 is 0 Å². The molecule has 1 aromatic carbocycles. The number of aliphatic imine (C=N–C) groups is 1. The van der Waals surface area contributed by atoms with Gasteiger partial charge in [-0.05, 0) is 37.8 Å². The smallest absolute Gasteiger partial charge is 0.191 e. The normalized spacial score (nSPS) is 21.8. The molecule has 0 bridgehead atoms. The number of aromatic nitrogens is 1. The zero-order chi connectivity index (χ0) is 18.5. The Bertz CT molecular complexity index is 776. The first-order valence-corrected chi connectivity index (χ1v) is 10.4. The lowest BCUT2D eigenvalue weighted by Gasteiger charge is -2.24. The van der Waals surface area contributed by atoms with Crippen LogP contribution in [0.15, 0.2) is 41.5 Å². The molecule has 0 radical (unpaired) electrons. The van der Waals surface area contributed by atoms with Gasteiger partial charge in [0.05, 0.1) is 12.1 Å². The SMILES string of the molecule is CCNC(=NCc1cccc2cccnc12)NC1CCN(C2CCCC2)C1. The number of pyridine rings is 1. The highest BCUT2D eigenvalue weighted by Gasteiger charge is 2.30. The minimum atomic E-state index is 0.494. The second-order valence-corrected chi connectivity index (χ2v) is 7.75. The van der Waals surface area contributed by atoms with E-state index in [0.717, 1.165) is 30.6 Å². The van der Waals surface area contributed by atoms with Crippen LogP contribution in [0.5, 0.6) is 0 Å². The van der Waals surface area contributed by atoms with Crippen LogP contribution in [0.3, 0.4) is 0 Å². The summed E-state index contributed by atoms with van der Waals surface area (Å²) in [5.74, 6) is 0.920. The Kier molecular flexibility index (Phi) is 5.87. The lowest BCUT2D eigenvalue weighted by molar-refractivity contribution is 0.242. The summed E-state index contributed by atoms with van der Waals surface area (Å²) in [5.41, 5.74) is 2.22. The van der Waals surface area contributed by atoms with Gasteiger partial charge in [0.15, 0.2) is 5.96 Å². The van der Waals surface area contributed by atoms with Crippen LogP contribution in [-0.2, 0) is 6.54 Å². The summed E-state index contributed by atoms with van der Waals surface area (Å²) in [6.45, 7) is 6.00. The first-order chi connectivity index (χ1) is 13.3. The third kappa shape index (κ3) is 4.41. The summed E-state index contributed by atoms with van der Waals surface area (Å²) in [6, 6.07) is 11.7. The summed E-state index contributed by atoms with van der Waals surface area (Å²) in [4.78, 5) is 12.1. The maximum atomic E-state index is 4.86. The molecule has 1 aliphatic carbocycles. The van der Waals surface area contributed by atoms with E-state index < -0.39 is 0 Å². The van der Waals surface area contributed by atoms with Crippen LogP contribution in [0.4, 0.5) is 0 Å². The molecule has 2 fully saturated rings. The fraction of sp³-hybridized carbons (Fsp3) is 0.545. The van der Waals surface area contributed by atoms with Crippen molar-refractivity contribution in [3.05, 3.63) is 42.1 Å². The van der Waals surface area contributed by atoms with E-state index in [2.05, 4.69) is 51.7 Å². The van der Waals surface area contributed by atoms with Crippen LogP contribution in [-0.4, -0.2) is 47.6 Å². The van der Waals surface area contributed by atoms with Gasteiger partial charge < -0.3 is 10.6 Å². The highest BCUT2D eigenvalue weighted by atomic mass is 15.3. The minimum absolute atomic E-state index is 0.494. The molecule has 5 nitrogen and oxygen atoms in total. The topological polar surface area (TPSA) is 52.6 Å². The molecule has 144 valence electrons. The average molecular weight is 366 g/mol. The number of para-hydroxylation sites is 1. The van der Waals surface area contributed by atoms with E-state index in [-0.39, 0.29) is 0 Å². The molecule has 4 rings (SSSR count).